The molecule has 1 saturated heterocycles. The molecule has 0 saturated carbocycles. The highest BCUT2D eigenvalue weighted by Crippen LogP contribution is 2.37. The largest absolute Gasteiger partial charge is 0.469 e. The average molecular weight is 496 g/mol. The van der Waals surface area contributed by atoms with Crippen molar-refractivity contribution < 1.29 is 28.7 Å². The van der Waals surface area contributed by atoms with Crippen LogP contribution < -0.4 is 10.6 Å². The lowest BCUT2D eigenvalue weighted by Gasteiger charge is -2.31. The number of rotatable bonds is 7. The molecule has 3 rings (SSSR count). The zero-order valence-electron chi connectivity index (χ0n) is 21.1. The quantitative estimate of drug-likeness (QED) is 0.568. The molecule has 9 nitrogen and oxygen atoms in total. The van der Waals surface area contributed by atoms with Gasteiger partial charge in [0.05, 0.1) is 26.1 Å². The lowest BCUT2D eigenvalue weighted by atomic mass is 10.0. The van der Waals surface area contributed by atoms with Gasteiger partial charge in [0.15, 0.2) is 0 Å². The monoisotopic (exact) mass is 495 g/mol. The van der Waals surface area contributed by atoms with E-state index in [1.807, 2.05) is 30.3 Å². The van der Waals surface area contributed by atoms with Crippen LogP contribution in [0.25, 0.3) is 0 Å². The standard InChI is InChI=1S/C27H33N3O6/c1-27(2,3)36-25(33)22-14-13-21(19-10-6-5-7-11-19)30(22)23(31)17-28-26(34)29-20-12-8-9-18(15-20)16-24(32)35-4/h5-12,15,21-22H,13-14,16-17H2,1-4H3,(H2,28,29,34)/t21-,22+/m1/s1. The molecule has 2 aromatic rings. The van der Waals surface area contributed by atoms with Crippen molar-refractivity contribution in [3.63, 3.8) is 0 Å². The summed E-state index contributed by atoms with van der Waals surface area (Å²) in [5, 5.41) is 5.24. The van der Waals surface area contributed by atoms with E-state index in [2.05, 4.69) is 15.4 Å². The van der Waals surface area contributed by atoms with Gasteiger partial charge in [-0.1, -0.05) is 42.5 Å². The van der Waals surface area contributed by atoms with Gasteiger partial charge in [-0.25, -0.2) is 9.59 Å². The van der Waals surface area contributed by atoms with Gasteiger partial charge in [0.25, 0.3) is 0 Å². The summed E-state index contributed by atoms with van der Waals surface area (Å²) in [5.41, 5.74) is 1.38. The van der Waals surface area contributed by atoms with Gasteiger partial charge in [-0.05, 0) is 56.9 Å². The highest BCUT2D eigenvalue weighted by Gasteiger charge is 2.43. The fourth-order valence-electron chi connectivity index (χ4n) is 4.18. The molecule has 2 N–H and O–H groups in total. The minimum Gasteiger partial charge on any atom is -0.469 e. The molecule has 0 radical (unpaired) electrons. The van der Waals surface area contributed by atoms with Crippen LogP contribution in [-0.2, 0) is 30.3 Å². The van der Waals surface area contributed by atoms with Crippen molar-refractivity contribution in [3.8, 4) is 0 Å². The van der Waals surface area contributed by atoms with Gasteiger partial charge in [-0.15, -0.1) is 0 Å². The van der Waals surface area contributed by atoms with Crippen LogP contribution in [0.15, 0.2) is 54.6 Å². The number of esters is 2. The van der Waals surface area contributed by atoms with E-state index in [0.29, 0.717) is 24.1 Å². The normalized spacial score (nSPS) is 17.3. The van der Waals surface area contributed by atoms with Crippen molar-refractivity contribution in [2.75, 3.05) is 19.0 Å². The molecule has 2 aromatic carbocycles. The number of hydrogen-bond acceptors (Lipinski definition) is 6. The van der Waals surface area contributed by atoms with Crippen LogP contribution in [0.1, 0.15) is 50.8 Å². The van der Waals surface area contributed by atoms with Crippen LogP contribution in [0.4, 0.5) is 10.5 Å². The van der Waals surface area contributed by atoms with Crippen molar-refractivity contribution in [1.29, 1.82) is 0 Å². The summed E-state index contributed by atoms with van der Waals surface area (Å²) in [6, 6.07) is 14.7. The van der Waals surface area contributed by atoms with Crippen molar-refractivity contribution >= 4 is 29.6 Å². The van der Waals surface area contributed by atoms with Crippen LogP contribution in [0.5, 0.6) is 0 Å². The van der Waals surface area contributed by atoms with Crippen molar-refractivity contribution in [2.45, 2.75) is 57.7 Å². The first-order valence-corrected chi connectivity index (χ1v) is 11.9. The smallest absolute Gasteiger partial charge is 0.329 e. The van der Waals surface area contributed by atoms with E-state index in [0.717, 1.165) is 5.56 Å². The number of benzene rings is 2. The molecular formula is C27H33N3O6. The molecule has 3 amide bonds. The van der Waals surface area contributed by atoms with E-state index in [1.165, 1.54) is 12.0 Å². The molecule has 1 aliphatic rings. The second-order valence-corrected chi connectivity index (χ2v) is 9.62. The summed E-state index contributed by atoms with van der Waals surface area (Å²) in [4.78, 5) is 51.7. The number of hydrogen-bond donors (Lipinski definition) is 2. The van der Waals surface area contributed by atoms with Gasteiger partial charge in [0.1, 0.15) is 11.6 Å². The Labute approximate surface area is 211 Å². The Balaban J connectivity index is 1.68. The molecule has 9 heteroatoms. The Hall–Kier alpha value is -3.88. The van der Waals surface area contributed by atoms with Gasteiger partial charge in [0, 0.05) is 5.69 Å². The van der Waals surface area contributed by atoms with Crippen LogP contribution in [-0.4, -0.2) is 54.1 Å². The maximum absolute atomic E-state index is 13.3. The number of likely N-dealkylation sites (tertiary alicyclic amines) is 1. The van der Waals surface area contributed by atoms with Gasteiger partial charge < -0.3 is 25.0 Å². The van der Waals surface area contributed by atoms with Crippen molar-refractivity contribution in [1.82, 2.24) is 10.2 Å². The van der Waals surface area contributed by atoms with Crippen molar-refractivity contribution in [3.05, 3.63) is 65.7 Å². The van der Waals surface area contributed by atoms with Crippen LogP contribution in [0.3, 0.4) is 0 Å². The Kier molecular flexibility index (Phi) is 8.68. The SMILES string of the molecule is COC(=O)Cc1cccc(NC(=O)NCC(=O)N2[C@@H](c3ccccc3)CC[C@H]2C(=O)OC(C)(C)C)c1. The fourth-order valence-corrected chi connectivity index (χ4v) is 4.18. The molecule has 0 spiro atoms. The van der Waals surface area contributed by atoms with E-state index >= 15 is 0 Å². The molecule has 0 unspecified atom stereocenters. The van der Waals surface area contributed by atoms with Crippen LogP contribution in [0.2, 0.25) is 0 Å². The second kappa shape index (κ2) is 11.7. The predicted octanol–water partition coefficient (Wildman–Crippen LogP) is 3.60. The third-order valence-electron chi connectivity index (χ3n) is 5.70. The van der Waals surface area contributed by atoms with Crippen LogP contribution in [0, 0.1) is 0 Å². The highest BCUT2D eigenvalue weighted by molar-refractivity contribution is 5.93. The summed E-state index contributed by atoms with van der Waals surface area (Å²) in [5.74, 6) is -1.23. The summed E-state index contributed by atoms with van der Waals surface area (Å²) < 4.78 is 10.2. The second-order valence-electron chi connectivity index (χ2n) is 9.62. The number of carbonyl (C=O) groups excluding carboxylic acids is 4. The number of ether oxygens (including phenoxy) is 2. The summed E-state index contributed by atoms with van der Waals surface area (Å²) >= 11 is 0. The Morgan fingerprint density at radius 2 is 1.72 bits per heavy atom. The lowest BCUT2D eigenvalue weighted by Crippen LogP contribution is -2.48. The molecule has 1 aliphatic heterocycles. The number of carbonyl (C=O) groups is 4. The summed E-state index contributed by atoms with van der Waals surface area (Å²) in [7, 11) is 1.31. The van der Waals surface area contributed by atoms with E-state index in [1.54, 1.807) is 45.0 Å². The molecule has 1 heterocycles. The highest BCUT2D eigenvalue weighted by atomic mass is 16.6. The Morgan fingerprint density at radius 1 is 1.00 bits per heavy atom. The van der Waals surface area contributed by atoms with Gasteiger partial charge in [-0.2, -0.15) is 0 Å². The van der Waals surface area contributed by atoms with E-state index in [-0.39, 0.29) is 30.9 Å². The van der Waals surface area contributed by atoms with E-state index in [4.69, 9.17) is 4.74 Å². The lowest BCUT2D eigenvalue weighted by molar-refractivity contribution is -0.164. The number of amides is 3. The molecule has 1 fully saturated rings. The molecule has 2 atom stereocenters. The summed E-state index contributed by atoms with van der Waals surface area (Å²) in [6.07, 6.45) is 1.16. The third-order valence-corrected chi connectivity index (χ3v) is 5.70. The maximum atomic E-state index is 13.3. The molecule has 0 bridgehead atoms. The van der Waals surface area contributed by atoms with Gasteiger partial charge in [-0.3, -0.25) is 9.59 Å². The molecule has 0 aromatic heterocycles. The molecule has 192 valence electrons. The molecule has 36 heavy (non-hydrogen) atoms. The number of anilines is 1. The van der Waals surface area contributed by atoms with Gasteiger partial charge in [0.2, 0.25) is 5.91 Å². The summed E-state index contributed by atoms with van der Waals surface area (Å²) in [6.45, 7) is 5.06. The van der Waals surface area contributed by atoms with E-state index in [9.17, 15) is 19.2 Å². The first-order valence-electron chi connectivity index (χ1n) is 11.9. The van der Waals surface area contributed by atoms with Crippen LogP contribution >= 0.6 is 0 Å². The van der Waals surface area contributed by atoms with E-state index < -0.39 is 23.6 Å². The fraction of sp³-hybridized carbons (Fsp3) is 0.407. The zero-order chi connectivity index (χ0) is 26.3. The number of nitrogens with one attached hydrogen (secondary N) is 2. The minimum atomic E-state index is -0.734. The maximum Gasteiger partial charge on any atom is 0.329 e. The van der Waals surface area contributed by atoms with Crippen molar-refractivity contribution in [2.24, 2.45) is 0 Å². The molecular weight excluding hydrogens is 462 g/mol. The zero-order valence-corrected chi connectivity index (χ0v) is 21.1. The Morgan fingerprint density at radius 3 is 2.39 bits per heavy atom. The number of methoxy groups -OCH3 is 1. The number of nitrogens with zero attached hydrogens (tertiary/aromatic N) is 1. The average Bonchev–Trinajstić information content (AvgIpc) is 3.28. The Bertz CT molecular complexity index is 1100. The first-order chi connectivity index (χ1) is 17.1. The third kappa shape index (κ3) is 7.31. The van der Waals surface area contributed by atoms with Gasteiger partial charge >= 0.3 is 18.0 Å². The topological polar surface area (TPSA) is 114 Å². The first kappa shape index (κ1) is 26.7. The predicted molar refractivity (Wildman–Crippen MR) is 134 cm³/mol. The minimum absolute atomic E-state index is 0.0774. The number of urea groups is 1. The molecule has 0 aliphatic carbocycles.